The van der Waals surface area contributed by atoms with Gasteiger partial charge in [0.25, 0.3) is 5.91 Å². The summed E-state index contributed by atoms with van der Waals surface area (Å²) in [5.74, 6) is -0.121. The average Bonchev–Trinajstić information content (AvgIpc) is 2.69. The first-order chi connectivity index (χ1) is 12.6. The van der Waals surface area contributed by atoms with Crippen molar-refractivity contribution < 1.29 is 4.79 Å². The molecule has 4 heteroatoms. The van der Waals surface area contributed by atoms with Crippen LogP contribution in [0.25, 0.3) is 0 Å². The fourth-order valence-electron chi connectivity index (χ4n) is 2.84. The Morgan fingerprint density at radius 3 is 1.96 bits per heavy atom. The van der Waals surface area contributed by atoms with E-state index < -0.39 is 0 Å². The predicted molar refractivity (Wildman–Crippen MR) is 111 cm³/mol. The minimum absolute atomic E-state index is 0.0203. The number of carbonyl (C=O) groups excluding carboxylic acids is 1. The monoisotopic (exact) mass is 381 g/mol. The molecule has 3 aromatic carbocycles. The number of hydrogen-bond acceptors (Lipinski definition) is 2. The van der Waals surface area contributed by atoms with E-state index in [2.05, 4.69) is 17.4 Å². The number of halogens is 1. The number of nitrogens with one attached hydrogen (secondary N) is 1. The molecule has 2 nitrogen and oxygen atoms in total. The van der Waals surface area contributed by atoms with Crippen LogP contribution in [0.4, 0.5) is 0 Å². The maximum Gasteiger partial charge on any atom is 0.251 e. The molecule has 0 saturated heterocycles. The molecule has 0 aliphatic carbocycles. The van der Waals surface area contributed by atoms with E-state index in [0.717, 1.165) is 11.1 Å². The van der Waals surface area contributed by atoms with Gasteiger partial charge >= 0.3 is 0 Å². The lowest BCUT2D eigenvalue weighted by Gasteiger charge is -2.23. The number of benzene rings is 3. The Bertz CT molecular complexity index is 837. The summed E-state index contributed by atoms with van der Waals surface area (Å²) in [7, 11) is 0. The van der Waals surface area contributed by atoms with Crippen molar-refractivity contribution in [3.63, 3.8) is 0 Å². The van der Waals surface area contributed by atoms with Crippen LogP contribution in [0.3, 0.4) is 0 Å². The molecule has 0 spiro atoms. The van der Waals surface area contributed by atoms with Crippen molar-refractivity contribution in [2.45, 2.75) is 17.7 Å². The van der Waals surface area contributed by atoms with Gasteiger partial charge in [0.15, 0.2) is 0 Å². The molecule has 1 N–H and O–H groups in total. The molecular formula is C22H20ClNOS. The Labute approximate surface area is 164 Å². The Kier molecular flexibility index (Phi) is 6.37. The van der Waals surface area contributed by atoms with E-state index >= 15 is 0 Å². The van der Waals surface area contributed by atoms with Gasteiger partial charge in [-0.25, -0.2) is 0 Å². The molecule has 0 fully saturated rings. The second-order valence-electron chi connectivity index (χ2n) is 6.11. The van der Waals surface area contributed by atoms with E-state index in [9.17, 15) is 4.79 Å². The second-order valence-corrected chi connectivity index (χ2v) is 7.17. The van der Waals surface area contributed by atoms with Gasteiger partial charge in [0.2, 0.25) is 0 Å². The third-order valence-electron chi connectivity index (χ3n) is 4.26. The first kappa shape index (κ1) is 18.6. The van der Waals surface area contributed by atoms with Crippen LogP contribution in [0.15, 0.2) is 84.9 Å². The van der Waals surface area contributed by atoms with Crippen LogP contribution in [-0.2, 0) is 0 Å². The van der Waals surface area contributed by atoms with Gasteiger partial charge in [-0.15, -0.1) is 0 Å². The van der Waals surface area contributed by atoms with Gasteiger partial charge in [0.1, 0.15) is 0 Å². The summed E-state index contributed by atoms with van der Waals surface area (Å²) in [6.45, 7) is 0. The highest BCUT2D eigenvalue weighted by molar-refractivity contribution is 7.80. The molecule has 0 heterocycles. The van der Waals surface area contributed by atoms with Crippen LogP contribution in [0.5, 0.6) is 0 Å². The van der Waals surface area contributed by atoms with Gasteiger partial charge in [-0.1, -0.05) is 72.3 Å². The molecule has 26 heavy (non-hydrogen) atoms. The van der Waals surface area contributed by atoms with E-state index in [4.69, 9.17) is 24.2 Å². The van der Waals surface area contributed by atoms with Crippen molar-refractivity contribution in [1.29, 1.82) is 0 Å². The average molecular weight is 382 g/mol. The lowest BCUT2D eigenvalue weighted by Crippen LogP contribution is -2.29. The smallest absolute Gasteiger partial charge is 0.251 e. The van der Waals surface area contributed by atoms with Gasteiger partial charge in [0.05, 0.1) is 6.04 Å². The highest BCUT2D eigenvalue weighted by Crippen LogP contribution is 2.31. The summed E-state index contributed by atoms with van der Waals surface area (Å²) in [5, 5.41) is 3.77. The van der Waals surface area contributed by atoms with Crippen molar-refractivity contribution in [2.75, 3.05) is 0 Å². The summed E-state index contributed by atoms with van der Waals surface area (Å²) in [6, 6.07) is 26.9. The molecule has 0 aliphatic rings. The summed E-state index contributed by atoms with van der Waals surface area (Å²) in [6.07, 6.45) is 0.691. The SMILES string of the molecule is O=C(N[C@H](C[C@H](S)c1ccccc1)c1ccccc1)c1ccc(Cl)cc1. The molecule has 3 aromatic rings. The zero-order valence-corrected chi connectivity index (χ0v) is 15.8. The fourth-order valence-corrected chi connectivity index (χ4v) is 3.35. The molecule has 0 bridgehead atoms. The Hall–Kier alpha value is -2.23. The highest BCUT2D eigenvalue weighted by atomic mass is 35.5. The zero-order chi connectivity index (χ0) is 18.4. The second kappa shape index (κ2) is 8.93. The number of amides is 1. The molecule has 1 amide bonds. The number of rotatable bonds is 6. The number of hydrogen-bond donors (Lipinski definition) is 2. The minimum atomic E-state index is -0.137. The molecule has 132 valence electrons. The quantitative estimate of drug-likeness (QED) is 0.513. The summed E-state index contributed by atoms with van der Waals surface area (Å²) in [5.41, 5.74) is 2.79. The topological polar surface area (TPSA) is 29.1 Å². The molecule has 0 aliphatic heterocycles. The Morgan fingerprint density at radius 1 is 0.846 bits per heavy atom. The molecule has 0 radical (unpaired) electrons. The number of carbonyl (C=O) groups is 1. The lowest BCUT2D eigenvalue weighted by molar-refractivity contribution is 0.0934. The van der Waals surface area contributed by atoms with E-state index in [0.29, 0.717) is 17.0 Å². The predicted octanol–water partition coefficient (Wildman–Crippen LogP) is 5.87. The van der Waals surface area contributed by atoms with Crippen LogP contribution in [0.2, 0.25) is 5.02 Å². The van der Waals surface area contributed by atoms with Gasteiger partial charge in [0, 0.05) is 15.8 Å². The van der Waals surface area contributed by atoms with Crippen molar-refractivity contribution in [1.82, 2.24) is 5.32 Å². The van der Waals surface area contributed by atoms with Crippen LogP contribution in [-0.4, -0.2) is 5.91 Å². The Morgan fingerprint density at radius 2 is 1.38 bits per heavy atom. The largest absolute Gasteiger partial charge is 0.345 e. The lowest BCUT2D eigenvalue weighted by atomic mass is 9.98. The molecular weight excluding hydrogens is 362 g/mol. The minimum Gasteiger partial charge on any atom is -0.345 e. The van der Waals surface area contributed by atoms with E-state index in [-0.39, 0.29) is 17.2 Å². The van der Waals surface area contributed by atoms with Gasteiger partial charge in [-0.2, -0.15) is 12.6 Å². The Balaban J connectivity index is 1.79. The molecule has 0 unspecified atom stereocenters. The third kappa shape index (κ3) is 4.90. The van der Waals surface area contributed by atoms with Gasteiger partial charge < -0.3 is 5.32 Å². The summed E-state index contributed by atoms with van der Waals surface area (Å²) >= 11 is 10.7. The maximum atomic E-state index is 12.7. The van der Waals surface area contributed by atoms with Gasteiger partial charge in [-0.05, 0) is 41.8 Å². The molecule has 0 aromatic heterocycles. The van der Waals surface area contributed by atoms with Crippen LogP contribution in [0, 0.1) is 0 Å². The third-order valence-corrected chi connectivity index (χ3v) is 5.02. The van der Waals surface area contributed by atoms with Gasteiger partial charge in [-0.3, -0.25) is 4.79 Å². The van der Waals surface area contributed by atoms with E-state index in [1.54, 1.807) is 24.3 Å². The highest BCUT2D eigenvalue weighted by Gasteiger charge is 2.20. The van der Waals surface area contributed by atoms with Crippen molar-refractivity contribution >= 4 is 30.1 Å². The standard InChI is InChI=1S/C22H20ClNOS/c23-19-13-11-18(12-14-19)22(25)24-20(16-7-3-1-4-8-16)15-21(26)17-9-5-2-6-10-17/h1-14,20-21,26H,15H2,(H,24,25)/t20-,21+/m1/s1. The summed E-state index contributed by atoms with van der Waals surface area (Å²) < 4.78 is 0. The van der Waals surface area contributed by atoms with Crippen LogP contribution < -0.4 is 5.32 Å². The molecule has 2 atom stereocenters. The van der Waals surface area contributed by atoms with Crippen LogP contribution in [0.1, 0.15) is 39.2 Å². The summed E-state index contributed by atoms with van der Waals surface area (Å²) in [4.78, 5) is 12.7. The van der Waals surface area contributed by atoms with Crippen molar-refractivity contribution in [2.24, 2.45) is 0 Å². The first-order valence-corrected chi connectivity index (χ1v) is 9.37. The zero-order valence-electron chi connectivity index (χ0n) is 14.2. The first-order valence-electron chi connectivity index (χ1n) is 8.48. The van der Waals surface area contributed by atoms with Crippen molar-refractivity contribution in [3.05, 3.63) is 107 Å². The normalized spacial score (nSPS) is 13.0. The van der Waals surface area contributed by atoms with Crippen molar-refractivity contribution in [3.8, 4) is 0 Å². The fraction of sp³-hybridized carbons (Fsp3) is 0.136. The molecule has 3 rings (SSSR count). The molecule has 0 saturated carbocycles. The number of thiol groups is 1. The van der Waals surface area contributed by atoms with Crippen LogP contribution >= 0.6 is 24.2 Å². The van der Waals surface area contributed by atoms with E-state index in [1.807, 2.05) is 48.5 Å². The van der Waals surface area contributed by atoms with E-state index in [1.165, 1.54) is 0 Å². The maximum absolute atomic E-state index is 12.7.